The molecule has 1 aliphatic heterocycles. The summed E-state index contributed by atoms with van der Waals surface area (Å²) in [5.74, 6) is 0. The average molecular weight is 284 g/mol. The fraction of sp³-hybridized carbons (Fsp3) is 0.583. The van der Waals surface area contributed by atoms with Crippen molar-refractivity contribution in [3.63, 3.8) is 0 Å². The summed E-state index contributed by atoms with van der Waals surface area (Å²) in [5, 5.41) is 0. The molecule has 0 radical (unpaired) electrons. The van der Waals surface area contributed by atoms with Crippen LogP contribution >= 0.6 is 15.9 Å². The zero-order chi connectivity index (χ0) is 11.4. The molecule has 1 saturated heterocycles. The van der Waals surface area contributed by atoms with Crippen LogP contribution < -0.4 is 10.6 Å². The van der Waals surface area contributed by atoms with Gasteiger partial charge in [0, 0.05) is 19.3 Å². The second-order valence-corrected chi connectivity index (χ2v) is 5.17. The molecule has 0 amide bonds. The van der Waals surface area contributed by atoms with Crippen LogP contribution in [0.25, 0.3) is 0 Å². The Hall–Kier alpha value is -0.770. The Bertz CT molecular complexity index is 326. The number of pyridine rings is 1. The van der Waals surface area contributed by atoms with Crippen LogP contribution in [0.4, 0.5) is 11.4 Å². The van der Waals surface area contributed by atoms with Gasteiger partial charge in [0.1, 0.15) is 0 Å². The number of nitrogens with zero attached hydrogens (tertiary/aromatic N) is 2. The Morgan fingerprint density at radius 1 is 1.06 bits per heavy atom. The molecule has 4 heteroatoms. The predicted octanol–water partition coefficient (Wildman–Crippen LogP) is 3.20. The molecule has 1 aliphatic rings. The molecule has 2 heterocycles. The number of nitrogens with two attached hydrogens (primary N) is 1. The lowest BCUT2D eigenvalue weighted by atomic mass is 10.1. The summed E-state index contributed by atoms with van der Waals surface area (Å²) in [7, 11) is 0. The van der Waals surface area contributed by atoms with Crippen LogP contribution in [0.5, 0.6) is 0 Å². The Morgan fingerprint density at radius 2 is 1.69 bits per heavy atom. The topological polar surface area (TPSA) is 42.1 Å². The van der Waals surface area contributed by atoms with E-state index in [-0.39, 0.29) is 0 Å². The molecule has 0 atom stereocenters. The highest BCUT2D eigenvalue weighted by Crippen LogP contribution is 2.32. The van der Waals surface area contributed by atoms with Gasteiger partial charge in [-0.3, -0.25) is 4.98 Å². The number of hydrogen-bond acceptors (Lipinski definition) is 3. The first kappa shape index (κ1) is 11.7. The fourth-order valence-electron chi connectivity index (χ4n) is 2.25. The Balaban J connectivity index is 2.20. The van der Waals surface area contributed by atoms with Crippen LogP contribution in [-0.2, 0) is 0 Å². The Labute approximate surface area is 105 Å². The van der Waals surface area contributed by atoms with E-state index in [4.69, 9.17) is 5.73 Å². The number of nitrogen functional groups attached to an aromatic ring is 1. The SMILES string of the molecule is Nc1cncc(Br)c1N1CCCCCCC1. The molecule has 0 aliphatic carbocycles. The van der Waals surface area contributed by atoms with Crippen molar-refractivity contribution in [2.24, 2.45) is 0 Å². The maximum absolute atomic E-state index is 6.01. The molecule has 0 unspecified atom stereocenters. The molecule has 2 rings (SSSR count). The lowest BCUT2D eigenvalue weighted by Gasteiger charge is -2.28. The summed E-state index contributed by atoms with van der Waals surface area (Å²) in [6, 6.07) is 0. The van der Waals surface area contributed by atoms with Gasteiger partial charge in [0.25, 0.3) is 0 Å². The number of hydrogen-bond donors (Lipinski definition) is 1. The minimum Gasteiger partial charge on any atom is -0.396 e. The first-order valence-electron chi connectivity index (χ1n) is 5.93. The van der Waals surface area contributed by atoms with Crippen molar-refractivity contribution in [3.8, 4) is 0 Å². The van der Waals surface area contributed by atoms with Crippen molar-refractivity contribution in [1.82, 2.24) is 4.98 Å². The molecule has 88 valence electrons. The molecule has 1 aromatic heterocycles. The first-order valence-corrected chi connectivity index (χ1v) is 6.72. The van der Waals surface area contributed by atoms with Crippen LogP contribution in [0.1, 0.15) is 32.1 Å². The standard InChI is InChI=1S/C12H18BrN3/c13-10-8-15-9-11(14)12(10)16-6-4-2-1-3-5-7-16/h8-9H,1-7,14H2. The van der Waals surface area contributed by atoms with E-state index in [2.05, 4.69) is 25.8 Å². The fourth-order valence-corrected chi connectivity index (χ4v) is 2.85. The number of aromatic nitrogens is 1. The third-order valence-electron chi connectivity index (χ3n) is 3.07. The monoisotopic (exact) mass is 283 g/mol. The summed E-state index contributed by atoms with van der Waals surface area (Å²) < 4.78 is 1.01. The lowest BCUT2D eigenvalue weighted by molar-refractivity contribution is 0.556. The van der Waals surface area contributed by atoms with E-state index in [9.17, 15) is 0 Å². The second kappa shape index (κ2) is 5.53. The summed E-state index contributed by atoms with van der Waals surface area (Å²) in [4.78, 5) is 6.47. The molecular formula is C12H18BrN3. The average Bonchev–Trinajstić information content (AvgIpc) is 2.20. The van der Waals surface area contributed by atoms with E-state index in [1.54, 1.807) is 6.20 Å². The summed E-state index contributed by atoms with van der Waals surface area (Å²) in [5.41, 5.74) is 7.90. The number of anilines is 2. The van der Waals surface area contributed by atoms with Crippen molar-refractivity contribution >= 4 is 27.3 Å². The van der Waals surface area contributed by atoms with E-state index in [0.29, 0.717) is 0 Å². The molecule has 16 heavy (non-hydrogen) atoms. The number of rotatable bonds is 1. The summed E-state index contributed by atoms with van der Waals surface area (Å²) >= 11 is 3.54. The second-order valence-electron chi connectivity index (χ2n) is 4.31. The highest BCUT2D eigenvalue weighted by atomic mass is 79.9. The van der Waals surface area contributed by atoms with Crippen LogP contribution in [0.3, 0.4) is 0 Å². The highest BCUT2D eigenvalue weighted by molar-refractivity contribution is 9.10. The van der Waals surface area contributed by atoms with E-state index < -0.39 is 0 Å². The van der Waals surface area contributed by atoms with Gasteiger partial charge in [-0.05, 0) is 28.8 Å². The Kier molecular flexibility index (Phi) is 4.04. The van der Waals surface area contributed by atoms with Crippen molar-refractivity contribution in [1.29, 1.82) is 0 Å². The predicted molar refractivity (Wildman–Crippen MR) is 71.6 cm³/mol. The molecule has 3 nitrogen and oxygen atoms in total. The van der Waals surface area contributed by atoms with Gasteiger partial charge in [-0.15, -0.1) is 0 Å². The maximum Gasteiger partial charge on any atom is 0.0776 e. The van der Waals surface area contributed by atoms with Gasteiger partial charge < -0.3 is 10.6 Å². The van der Waals surface area contributed by atoms with Gasteiger partial charge >= 0.3 is 0 Å². The van der Waals surface area contributed by atoms with E-state index in [1.165, 1.54) is 32.1 Å². The van der Waals surface area contributed by atoms with Gasteiger partial charge in [-0.2, -0.15) is 0 Å². The van der Waals surface area contributed by atoms with Crippen molar-refractivity contribution < 1.29 is 0 Å². The quantitative estimate of drug-likeness (QED) is 0.861. The smallest absolute Gasteiger partial charge is 0.0776 e. The zero-order valence-electron chi connectivity index (χ0n) is 9.45. The largest absolute Gasteiger partial charge is 0.396 e. The lowest BCUT2D eigenvalue weighted by Crippen LogP contribution is -2.28. The Morgan fingerprint density at radius 3 is 2.31 bits per heavy atom. The molecule has 2 N–H and O–H groups in total. The van der Waals surface area contributed by atoms with Crippen LogP contribution in [-0.4, -0.2) is 18.1 Å². The van der Waals surface area contributed by atoms with Crippen molar-refractivity contribution in [3.05, 3.63) is 16.9 Å². The third kappa shape index (κ3) is 2.67. The summed E-state index contributed by atoms with van der Waals surface area (Å²) in [6.07, 6.45) is 10.1. The van der Waals surface area contributed by atoms with Gasteiger partial charge in [0.05, 0.1) is 22.0 Å². The maximum atomic E-state index is 6.01. The minimum atomic E-state index is 0.773. The number of halogens is 1. The van der Waals surface area contributed by atoms with Crippen molar-refractivity contribution in [2.75, 3.05) is 23.7 Å². The van der Waals surface area contributed by atoms with Gasteiger partial charge in [-0.25, -0.2) is 0 Å². The molecule has 0 spiro atoms. The van der Waals surface area contributed by atoms with Crippen LogP contribution in [0.15, 0.2) is 16.9 Å². The van der Waals surface area contributed by atoms with Crippen LogP contribution in [0, 0.1) is 0 Å². The van der Waals surface area contributed by atoms with Crippen LogP contribution in [0.2, 0.25) is 0 Å². The third-order valence-corrected chi connectivity index (χ3v) is 3.65. The van der Waals surface area contributed by atoms with Crippen molar-refractivity contribution in [2.45, 2.75) is 32.1 Å². The molecular weight excluding hydrogens is 266 g/mol. The van der Waals surface area contributed by atoms with E-state index in [0.717, 1.165) is 28.9 Å². The van der Waals surface area contributed by atoms with E-state index in [1.807, 2.05) is 6.20 Å². The summed E-state index contributed by atoms with van der Waals surface area (Å²) in [6.45, 7) is 2.21. The van der Waals surface area contributed by atoms with Gasteiger partial charge in [-0.1, -0.05) is 19.3 Å². The minimum absolute atomic E-state index is 0.773. The molecule has 1 aromatic rings. The molecule has 0 bridgehead atoms. The van der Waals surface area contributed by atoms with Gasteiger partial charge in [0.15, 0.2) is 0 Å². The normalized spacial score (nSPS) is 17.9. The zero-order valence-corrected chi connectivity index (χ0v) is 11.0. The molecule has 0 aromatic carbocycles. The molecule has 0 saturated carbocycles. The van der Waals surface area contributed by atoms with Gasteiger partial charge in [0.2, 0.25) is 0 Å². The molecule has 1 fully saturated rings. The first-order chi connectivity index (χ1) is 7.79. The van der Waals surface area contributed by atoms with E-state index >= 15 is 0 Å². The highest BCUT2D eigenvalue weighted by Gasteiger charge is 2.14.